The molecule has 3 N–H and O–H groups in total. The number of sulfonamides is 1. The second kappa shape index (κ2) is 10.6. The molecule has 0 unspecified atom stereocenters. The Hall–Kier alpha value is -0.870. The number of guanidine groups is 1. The molecule has 1 fully saturated rings. The van der Waals surface area contributed by atoms with Gasteiger partial charge < -0.3 is 15.5 Å². The third-order valence-corrected chi connectivity index (χ3v) is 7.62. The zero-order chi connectivity index (χ0) is 19.9. The number of hydrogen-bond acceptors (Lipinski definition) is 5. The standard InChI is InChI=1S/C17H30ClN5O2S2/c1-4-19-17(22-14-7-11-23(12-8-14)13(2)3)20-9-10-21-27(24,25)16-6-5-15(18)26-16/h5-6,13-14,21H,4,7-12H2,1-3H3,(H2,19,20,22). The average Bonchev–Trinajstić information content (AvgIpc) is 3.07. The van der Waals surface area contributed by atoms with Gasteiger partial charge in [-0.2, -0.15) is 0 Å². The van der Waals surface area contributed by atoms with Crippen LogP contribution in [0.3, 0.4) is 0 Å². The maximum absolute atomic E-state index is 12.2. The van der Waals surface area contributed by atoms with Crippen molar-refractivity contribution in [3.63, 3.8) is 0 Å². The van der Waals surface area contributed by atoms with E-state index in [-0.39, 0.29) is 10.8 Å². The van der Waals surface area contributed by atoms with Crippen molar-refractivity contribution in [2.45, 2.75) is 49.9 Å². The van der Waals surface area contributed by atoms with Crippen molar-refractivity contribution < 1.29 is 8.42 Å². The third-order valence-electron chi connectivity index (χ3n) is 4.43. The number of rotatable bonds is 8. The summed E-state index contributed by atoms with van der Waals surface area (Å²) in [4.78, 5) is 6.97. The third kappa shape index (κ3) is 7.23. The highest BCUT2D eigenvalue weighted by atomic mass is 35.5. The van der Waals surface area contributed by atoms with E-state index in [0.29, 0.717) is 23.0 Å². The molecule has 0 bridgehead atoms. The van der Waals surface area contributed by atoms with Gasteiger partial charge in [-0.1, -0.05) is 11.6 Å². The lowest BCUT2D eigenvalue weighted by Crippen LogP contribution is -2.50. The number of nitrogens with one attached hydrogen (secondary N) is 3. The minimum Gasteiger partial charge on any atom is -0.357 e. The van der Waals surface area contributed by atoms with E-state index in [4.69, 9.17) is 11.6 Å². The summed E-state index contributed by atoms with van der Waals surface area (Å²) in [6, 6.07) is 4.06. The van der Waals surface area contributed by atoms with E-state index in [1.165, 1.54) is 6.07 Å². The number of thiophene rings is 1. The second-order valence-electron chi connectivity index (χ2n) is 6.77. The molecule has 1 aromatic heterocycles. The fourth-order valence-corrected chi connectivity index (χ4v) is 5.48. The van der Waals surface area contributed by atoms with E-state index in [0.717, 1.165) is 49.8 Å². The molecule has 1 aliphatic rings. The Bertz CT molecular complexity index is 713. The van der Waals surface area contributed by atoms with Crippen molar-refractivity contribution in [1.82, 2.24) is 20.3 Å². The lowest BCUT2D eigenvalue weighted by atomic mass is 10.0. The summed E-state index contributed by atoms with van der Waals surface area (Å²) in [5.41, 5.74) is 0. The van der Waals surface area contributed by atoms with Crippen molar-refractivity contribution in [3.8, 4) is 0 Å². The molecule has 0 atom stereocenters. The number of likely N-dealkylation sites (tertiary alicyclic amines) is 1. The molecule has 0 radical (unpaired) electrons. The van der Waals surface area contributed by atoms with Crippen LogP contribution < -0.4 is 15.4 Å². The predicted molar refractivity (Wildman–Crippen MR) is 113 cm³/mol. The minimum absolute atomic E-state index is 0.221. The largest absolute Gasteiger partial charge is 0.357 e. The molecule has 0 aliphatic carbocycles. The number of nitrogens with zero attached hydrogens (tertiary/aromatic N) is 2. The summed E-state index contributed by atoms with van der Waals surface area (Å²) in [5, 5.41) is 6.70. The maximum Gasteiger partial charge on any atom is 0.250 e. The van der Waals surface area contributed by atoms with Crippen molar-refractivity contribution >= 4 is 38.9 Å². The molecule has 0 spiro atoms. The topological polar surface area (TPSA) is 85.8 Å². The number of aliphatic imine (C=N–C) groups is 1. The van der Waals surface area contributed by atoms with Gasteiger partial charge in [0.15, 0.2) is 5.96 Å². The molecule has 1 aromatic rings. The first-order valence-electron chi connectivity index (χ1n) is 9.35. The fraction of sp³-hybridized carbons (Fsp3) is 0.706. The minimum atomic E-state index is -3.52. The average molecular weight is 436 g/mol. The molecule has 10 heteroatoms. The summed E-state index contributed by atoms with van der Waals surface area (Å²) in [7, 11) is -3.52. The normalized spacial score (nSPS) is 17.4. The molecule has 2 rings (SSSR count). The lowest BCUT2D eigenvalue weighted by molar-refractivity contribution is 0.167. The second-order valence-corrected chi connectivity index (χ2v) is 10.5. The van der Waals surface area contributed by atoms with Crippen LogP contribution in [-0.4, -0.2) is 64.1 Å². The van der Waals surface area contributed by atoms with E-state index in [2.05, 4.69) is 39.1 Å². The Kier molecular flexibility index (Phi) is 8.81. The van der Waals surface area contributed by atoms with Crippen LogP contribution in [0.25, 0.3) is 0 Å². The predicted octanol–water partition coefficient (Wildman–Crippen LogP) is 2.11. The van der Waals surface area contributed by atoms with Crippen molar-refractivity contribution in [2.75, 3.05) is 32.7 Å². The van der Waals surface area contributed by atoms with Crippen LogP contribution in [0.4, 0.5) is 0 Å². The Balaban J connectivity index is 1.81. The number of hydrogen-bond donors (Lipinski definition) is 3. The molecule has 27 heavy (non-hydrogen) atoms. The highest BCUT2D eigenvalue weighted by Gasteiger charge is 2.21. The van der Waals surface area contributed by atoms with Gasteiger partial charge in [0.2, 0.25) is 10.0 Å². The Morgan fingerprint density at radius 1 is 1.37 bits per heavy atom. The van der Waals surface area contributed by atoms with Crippen LogP contribution in [0.2, 0.25) is 4.34 Å². The summed E-state index contributed by atoms with van der Waals surface area (Å²) in [5.74, 6) is 0.735. The summed E-state index contributed by atoms with van der Waals surface area (Å²) >= 11 is 6.85. The molecule has 1 aliphatic heterocycles. The van der Waals surface area contributed by atoms with Gasteiger partial charge in [0, 0.05) is 38.3 Å². The lowest BCUT2D eigenvalue weighted by Gasteiger charge is -2.35. The van der Waals surface area contributed by atoms with Gasteiger partial charge in [-0.05, 0) is 45.7 Å². The summed E-state index contributed by atoms with van der Waals surface area (Å²) in [6.45, 7) is 9.99. The Morgan fingerprint density at radius 3 is 2.63 bits per heavy atom. The van der Waals surface area contributed by atoms with Gasteiger partial charge in [0.25, 0.3) is 0 Å². The maximum atomic E-state index is 12.2. The quantitative estimate of drug-likeness (QED) is 0.331. The van der Waals surface area contributed by atoms with Gasteiger partial charge in [-0.3, -0.25) is 4.99 Å². The van der Waals surface area contributed by atoms with Crippen molar-refractivity contribution in [1.29, 1.82) is 0 Å². The van der Waals surface area contributed by atoms with Gasteiger partial charge in [-0.15, -0.1) is 11.3 Å². The molecule has 0 saturated carbocycles. The Labute approximate surface area is 171 Å². The molecule has 1 saturated heterocycles. The van der Waals surface area contributed by atoms with Crippen molar-refractivity contribution in [3.05, 3.63) is 16.5 Å². The van der Waals surface area contributed by atoms with Gasteiger partial charge in [-0.25, -0.2) is 13.1 Å². The zero-order valence-electron chi connectivity index (χ0n) is 16.2. The highest BCUT2D eigenvalue weighted by Crippen LogP contribution is 2.25. The van der Waals surface area contributed by atoms with Crippen LogP contribution in [0.5, 0.6) is 0 Å². The number of piperidine rings is 1. The molecular weight excluding hydrogens is 406 g/mol. The van der Waals surface area contributed by atoms with Gasteiger partial charge >= 0.3 is 0 Å². The fourth-order valence-electron chi connectivity index (χ4n) is 2.93. The zero-order valence-corrected chi connectivity index (χ0v) is 18.6. The van der Waals surface area contributed by atoms with Gasteiger partial charge in [0.05, 0.1) is 10.9 Å². The Morgan fingerprint density at radius 2 is 2.07 bits per heavy atom. The van der Waals surface area contributed by atoms with Crippen LogP contribution in [0, 0.1) is 0 Å². The highest BCUT2D eigenvalue weighted by molar-refractivity contribution is 7.91. The van der Waals surface area contributed by atoms with Crippen LogP contribution in [-0.2, 0) is 10.0 Å². The first-order chi connectivity index (χ1) is 12.8. The molecule has 0 amide bonds. The molecule has 154 valence electrons. The van der Waals surface area contributed by atoms with Crippen LogP contribution >= 0.6 is 22.9 Å². The molecule has 7 nitrogen and oxygen atoms in total. The van der Waals surface area contributed by atoms with Crippen LogP contribution in [0.15, 0.2) is 21.3 Å². The first-order valence-corrected chi connectivity index (χ1v) is 12.0. The van der Waals surface area contributed by atoms with E-state index in [1.54, 1.807) is 6.07 Å². The van der Waals surface area contributed by atoms with E-state index in [9.17, 15) is 8.42 Å². The van der Waals surface area contributed by atoms with E-state index >= 15 is 0 Å². The number of halogens is 1. The monoisotopic (exact) mass is 435 g/mol. The molecular formula is C17H30ClN5O2S2. The van der Waals surface area contributed by atoms with Crippen LogP contribution in [0.1, 0.15) is 33.6 Å². The van der Waals surface area contributed by atoms with E-state index in [1.807, 2.05) is 6.92 Å². The van der Waals surface area contributed by atoms with Crippen molar-refractivity contribution in [2.24, 2.45) is 4.99 Å². The smallest absolute Gasteiger partial charge is 0.250 e. The first kappa shape index (κ1) is 22.4. The van der Waals surface area contributed by atoms with Gasteiger partial charge in [0.1, 0.15) is 4.21 Å². The SMILES string of the molecule is CCNC(=NCCNS(=O)(=O)c1ccc(Cl)s1)NC1CCN(C(C)C)CC1. The molecule has 0 aromatic carbocycles. The summed E-state index contributed by atoms with van der Waals surface area (Å²) in [6.07, 6.45) is 2.16. The summed E-state index contributed by atoms with van der Waals surface area (Å²) < 4.78 is 27.6. The van der Waals surface area contributed by atoms with E-state index < -0.39 is 10.0 Å². The molecule has 2 heterocycles.